The Hall–Kier alpha value is -1.63. The highest BCUT2D eigenvalue weighted by Crippen LogP contribution is 2.29. The molecule has 2 aromatic heterocycles. The van der Waals surface area contributed by atoms with Crippen molar-refractivity contribution in [1.82, 2.24) is 19.9 Å². The van der Waals surface area contributed by atoms with Gasteiger partial charge in [-0.1, -0.05) is 6.92 Å². The van der Waals surface area contributed by atoms with E-state index in [1.54, 1.807) is 0 Å². The van der Waals surface area contributed by atoms with Crippen LogP contribution in [-0.4, -0.2) is 21.1 Å². The number of hydrogen-bond acceptors (Lipinski definition) is 3. The largest absolute Gasteiger partial charge is 0.417 e. The van der Waals surface area contributed by atoms with Gasteiger partial charge in [-0.05, 0) is 18.7 Å². The number of nitrogens with one attached hydrogen (secondary N) is 1. The summed E-state index contributed by atoms with van der Waals surface area (Å²) in [4.78, 5) is 0. The van der Waals surface area contributed by atoms with Gasteiger partial charge in [-0.3, -0.25) is 4.40 Å². The van der Waals surface area contributed by atoms with Crippen LogP contribution in [0.15, 0.2) is 18.3 Å². The first-order chi connectivity index (χ1) is 8.02. The van der Waals surface area contributed by atoms with Gasteiger partial charge in [0.15, 0.2) is 11.5 Å². The van der Waals surface area contributed by atoms with Crippen molar-refractivity contribution in [2.45, 2.75) is 19.6 Å². The third-order valence-corrected chi connectivity index (χ3v) is 2.33. The van der Waals surface area contributed by atoms with Crippen molar-refractivity contribution < 1.29 is 13.2 Å². The zero-order valence-corrected chi connectivity index (χ0v) is 9.12. The van der Waals surface area contributed by atoms with E-state index in [1.165, 1.54) is 10.5 Å². The van der Waals surface area contributed by atoms with Crippen molar-refractivity contribution >= 4 is 5.65 Å². The summed E-state index contributed by atoms with van der Waals surface area (Å²) in [6.07, 6.45) is -3.34. The molecule has 0 saturated carbocycles. The van der Waals surface area contributed by atoms with Gasteiger partial charge in [-0.2, -0.15) is 13.2 Å². The number of rotatable bonds is 3. The predicted molar refractivity (Wildman–Crippen MR) is 55.4 cm³/mol. The Kier molecular flexibility index (Phi) is 3.01. The summed E-state index contributed by atoms with van der Waals surface area (Å²) < 4.78 is 39.0. The van der Waals surface area contributed by atoms with Gasteiger partial charge in [0.2, 0.25) is 0 Å². The van der Waals surface area contributed by atoms with Gasteiger partial charge >= 0.3 is 6.18 Å². The smallest absolute Gasteiger partial charge is 0.310 e. The van der Waals surface area contributed by atoms with Crippen molar-refractivity contribution in [3.63, 3.8) is 0 Å². The van der Waals surface area contributed by atoms with Crippen LogP contribution in [0, 0.1) is 0 Å². The van der Waals surface area contributed by atoms with Gasteiger partial charge in [0.05, 0.1) is 12.1 Å². The molecule has 0 aliphatic carbocycles. The lowest BCUT2D eigenvalue weighted by molar-refractivity contribution is -0.137. The molecule has 0 fully saturated rings. The zero-order chi connectivity index (χ0) is 12.5. The van der Waals surface area contributed by atoms with Crippen molar-refractivity contribution in [2.75, 3.05) is 6.54 Å². The average molecular weight is 244 g/mol. The second-order valence-corrected chi connectivity index (χ2v) is 3.54. The van der Waals surface area contributed by atoms with E-state index in [4.69, 9.17) is 0 Å². The van der Waals surface area contributed by atoms with Gasteiger partial charge in [-0.25, -0.2) is 0 Å². The first-order valence-corrected chi connectivity index (χ1v) is 5.14. The Balaban J connectivity index is 2.43. The van der Waals surface area contributed by atoms with Crippen LogP contribution in [0.5, 0.6) is 0 Å². The fourth-order valence-electron chi connectivity index (χ4n) is 1.46. The van der Waals surface area contributed by atoms with E-state index in [1.807, 2.05) is 6.92 Å². The molecule has 0 unspecified atom stereocenters. The highest BCUT2D eigenvalue weighted by Gasteiger charge is 2.31. The third-order valence-electron chi connectivity index (χ3n) is 2.33. The second kappa shape index (κ2) is 4.33. The molecule has 0 radical (unpaired) electrons. The van der Waals surface area contributed by atoms with Crippen LogP contribution in [0.1, 0.15) is 18.3 Å². The molecule has 0 saturated heterocycles. The quantitative estimate of drug-likeness (QED) is 0.896. The van der Waals surface area contributed by atoms with E-state index in [2.05, 4.69) is 15.5 Å². The summed E-state index contributed by atoms with van der Waals surface area (Å²) in [5.41, 5.74) is -0.298. The number of alkyl halides is 3. The molecule has 2 heterocycles. The lowest BCUT2D eigenvalue weighted by Gasteiger charge is -2.07. The van der Waals surface area contributed by atoms with Gasteiger partial charge in [0.1, 0.15) is 0 Å². The van der Waals surface area contributed by atoms with Crippen LogP contribution in [-0.2, 0) is 12.7 Å². The third kappa shape index (κ3) is 2.38. The van der Waals surface area contributed by atoms with Crippen molar-refractivity contribution in [2.24, 2.45) is 0 Å². The molecular formula is C10H11F3N4. The molecule has 0 bridgehead atoms. The normalized spacial score (nSPS) is 12.2. The first kappa shape index (κ1) is 11.8. The van der Waals surface area contributed by atoms with E-state index in [0.717, 1.165) is 12.3 Å². The van der Waals surface area contributed by atoms with Crippen LogP contribution in [0.4, 0.5) is 13.2 Å². The Morgan fingerprint density at radius 2 is 2.06 bits per heavy atom. The molecule has 0 spiro atoms. The Morgan fingerprint density at radius 1 is 1.29 bits per heavy atom. The van der Waals surface area contributed by atoms with Crippen LogP contribution in [0.3, 0.4) is 0 Å². The molecule has 2 aromatic rings. The number of fused-ring (bicyclic) bond motifs is 1. The van der Waals surface area contributed by atoms with Crippen LogP contribution in [0.2, 0.25) is 0 Å². The number of hydrogen-bond donors (Lipinski definition) is 1. The number of aromatic nitrogens is 3. The summed E-state index contributed by atoms with van der Waals surface area (Å²) >= 11 is 0. The molecule has 0 amide bonds. The van der Waals surface area contributed by atoms with E-state index in [0.29, 0.717) is 24.6 Å². The number of pyridine rings is 1. The molecule has 1 N–H and O–H groups in total. The minimum atomic E-state index is -4.35. The topological polar surface area (TPSA) is 42.2 Å². The van der Waals surface area contributed by atoms with E-state index in [-0.39, 0.29) is 0 Å². The fraction of sp³-hybridized carbons (Fsp3) is 0.400. The summed E-state index contributed by atoms with van der Waals surface area (Å²) in [7, 11) is 0. The maximum atomic E-state index is 12.5. The number of nitrogens with zero attached hydrogens (tertiary/aromatic N) is 3. The lowest BCUT2D eigenvalue weighted by atomic mass is 10.3. The zero-order valence-electron chi connectivity index (χ0n) is 9.12. The molecule has 92 valence electrons. The molecular weight excluding hydrogens is 233 g/mol. The van der Waals surface area contributed by atoms with Crippen LogP contribution >= 0.6 is 0 Å². The molecule has 0 atom stereocenters. The molecule has 2 rings (SSSR count). The molecule has 7 heteroatoms. The van der Waals surface area contributed by atoms with Gasteiger partial charge < -0.3 is 5.32 Å². The van der Waals surface area contributed by atoms with Gasteiger partial charge in [0, 0.05) is 6.20 Å². The highest BCUT2D eigenvalue weighted by molar-refractivity contribution is 5.40. The summed E-state index contributed by atoms with van der Waals surface area (Å²) in [5.74, 6) is 0.466. The highest BCUT2D eigenvalue weighted by atomic mass is 19.4. The SMILES string of the molecule is CCNCc1nnc2ccc(C(F)(F)F)cn12. The Morgan fingerprint density at radius 3 is 2.71 bits per heavy atom. The Labute approximate surface area is 95.5 Å². The minimum Gasteiger partial charge on any atom is -0.310 e. The standard InChI is InChI=1S/C10H11F3N4/c1-2-14-5-9-16-15-8-4-3-7(6-17(8)9)10(11,12)13/h3-4,6,14H,2,5H2,1H3. The summed E-state index contributed by atoms with van der Waals surface area (Å²) in [6, 6.07) is 2.31. The molecule has 0 aliphatic heterocycles. The van der Waals surface area contributed by atoms with E-state index >= 15 is 0 Å². The lowest BCUT2D eigenvalue weighted by Crippen LogP contribution is -2.15. The molecule has 17 heavy (non-hydrogen) atoms. The average Bonchev–Trinajstić information content (AvgIpc) is 2.67. The van der Waals surface area contributed by atoms with Crippen LogP contribution < -0.4 is 5.32 Å². The monoisotopic (exact) mass is 244 g/mol. The van der Waals surface area contributed by atoms with Gasteiger partial charge in [0.25, 0.3) is 0 Å². The molecule has 0 aliphatic rings. The molecule has 4 nitrogen and oxygen atoms in total. The number of halogens is 3. The maximum Gasteiger partial charge on any atom is 0.417 e. The Bertz CT molecular complexity index is 518. The summed E-state index contributed by atoms with van der Waals surface area (Å²) in [5, 5.41) is 10.6. The van der Waals surface area contributed by atoms with Crippen molar-refractivity contribution in [1.29, 1.82) is 0 Å². The first-order valence-electron chi connectivity index (χ1n) is 5.14. The second-order valence-electron chi connectivity index (χ2n) is 3.54. The van der Waals surface area contributed by atoms with Crippen molar-refractivity contribution in [3.05, 3.63) is 29.7 Å². The predicted octanol–water partition coefficient (Wildman–Crippen LogP) is 1.86. The fourth-order valence-corrected chi connectivity index (χ4v) is 1.46. The summed E-state index contributed by atoms with van der Waals surface area (Å²) in [6.45, 7) is 3.01. The minimum absolute atomic E-state index is 0.388. The van der Waals surface area contributed by atoms with Gasteiger partial charge in [-0.15, -0.1) is 10.2 Å². The molecule has 0 aromatic carbocycles. The van der Waals surface area contributed by atoms with E-state index in [9.17, 15) is 13.2 Å². The maximum absolute atomic E-state index is 12.5. The van der Waals surface area contributed by atoms with Crippen LogP contribution in [0.25, 0.3) is 5.65 Å². The van der Waals surface area contributed by atoms with Crippen molar-refractivity contribution in [3.8, 4) is 0 Å². The van der Waals surface area contributed by atoms with E-state index < -0.39 is 11.7 Å².